The van der Waals surface area contributed by atoms with Crippen LogP contribution >= 0.6 is 0 Å². The Morgan fingerprint density at radius 3 is 2.61 bits per heavy atom. The summed E-state index contributed by atoms with van der Waals surface area (Å²) in [6, 6.07) is 0. The molecule has 1 atom stereocenters. The monoisotopic (exact) mass is 256 g/mol. The summed E-state index contributed by atoms with van der Waals surface area (Å²) >= 11 is 0. The number of carbonyl (C=O) groups excluding carboxylic acids is 1. The predicted octanol–water partition coefficient (Wildman–Crippen LogP) is 1.39. The third-order valence-electron chi connectivity index (χ3n) is 3.62. The van der Waals surface area contributed by atoms with Gasteiger partial charge in [-0.2, -0.15) is 0 Å². The van der Waals surface area contributed by atoms with E-state index in [1.165, 1.54) is 32.1 Å². The second kappa shape index (κ2) is 8.48. The molecule has 1 fully saturated rings. The minimum atomic E-state index is -0.473. The molecule has 4 heteroatoms. The van der Waals surface area contributed by atoms with Gasteiger partial charge in [0.05, 0.1) is 6.10 Å². The molecule has 1 aliphatic carbocycles. The summed E-state index contributed by atoms with van der Waals surface area (Å²) in [7, 11) is 3.82. The smallest absolute Gasteiger partial charge is 0.220 e. The maximum atomic E-state index is 11.6. The highest BCUT2D eigenvalue weighted by atomic mass is 16.3. The quantitative estimate of drug-likeness (QED) is 0.723. The molecule has 2 N–H and O–H groups in total. The average Bonchev–Trinajstić information content (AvgIpc) is 2.34. The van der Waals surface area contributed by atoms with Gasteiger partial charge in [-0.15, -0.1) is 0 Å². The van der Waals surface area contributed by atoms with Gasteiger partial charge >= 0.3 is 0 Å². The molecular formula is C14H28N2O2. The molecule has 0 aromatic rings. The molecule has 1 unspecified atom stereocenters. The van der Waals surface area contributed by atoms with E-state index in [9.17, 15) is 9.90 Å². The number of rotatable bonds is 7. The number of aliphatic hydroxyl groups excluding tert-OH is 1. The van der Waals surface area contributed by atoms with Crippen LogP contribution < -0.4 is 5.32 Å². The van der Waals surface area contributed by atoms with Crippen molar-refractivity contribution in [3.05, 3.63) is 0 Å². The molecule has 1 aliphatic rings. The average molecular weight is 256 g/mol. The summed E-state index contributed by atoms with van der Waals surface area (Å²) in [4.78, 5) is 13.6. The van der Waals surface area contributed by atoms with Crippen LogP contribution in [0.5, 0.6) is 0 Å². The van der Waals surface area contributed by atoms with Crippen LogP contribution in [0.25, 0.3) is 0 Å². The van der Waals surface area contributed by atoms with Gasteiger partial charge < -0.3 is 15.3 Å². The summed E-state index contributed by atoms with van der Waals surface area (Å²) in [5, 5.41) is 12.4. The van der Waals surface area contributed by atoms with E-state index in [0.717, 1.165) is 12.3 Å². The molecule has 18 heavy (non-hydrogen) atoms. The molecule has 0 aromatic heterocycles. The van der Waals surface area contributed by atoms with Crippen LogP contribution in [0.3, 0.4) is 0 Å². The molecule has 0 radical (unpaired) electrons. The Balaban J connectivity index is 2.06. The number of nitrogens with zero attached hydrogens (tertiary/aromatic N) is 1. The van der Waals surface area contributed by atoms with Crippen molar-refractivity contribution in [2.45, 2.75) is 51.0 Å². The molecule has 0 saturated heterocycles. The first kappa shape index (κ1) is 15.4. The van der Waals surface area contributed by atoms with Crippen LogP contribution in [0, 0.1) is 5.92 Å². The van der Waals surface area contributed by atoms with Gasteiger partial charge in [0.15, 0.2) is 0 Å². The van der Waals surface area contributed by atoms with Crippen molar-refractivity contribution in [2.75, 3.05) is 27.2 Å². The van der Waals surface area contributed by atoms with E-state index >= 15 is 0 Å². The predicted molar refractivity (Wildman–Crippen MR) is 73.4 cm³/mol. The molecular weight excluding hydrogens is 228 g/mol. The number of amides is 1. The molecule has 0 aromatic carbocycles. The van der Waals surface area contributed by atoms with Gasteiger partial charge in [0.2, 0.25) is 5.91 Å². The zero-order valence-corrected chi connectivity index (χ0v) is 11.8. The number of nitrogens with one attached hydrogen (secondary N) is 1. The van der Waals surface area contributed by atoms with Crippen molar-refractivity contribution in [1.82, 2.24) is 10.2 Å². The van der Waals surface area contributed by atoms with Crippen molar-refractivity contribution in [3.63, 3.8) is 0 Å². The van der Waals surface area contributed by atoms with E-state index in [2.05, 4.69) is 5.32 Å². The van der Waals surface area contributed by atoms with E-state index < -0.39 is 6.10 Å². The number of aliphatic hydroxyl groups is 1. The lowest BCUT2D eigenvalue weighted by Gasteiger charge is -2.21. The van der Waals surface area contributed by atoms with Crippen LogP contribution in [-0.2, 0) is 4.79 Å². The van der Waals surface area contributed by atoms with Crippen molar-refractivity contribution in [2.24, 2.45) is 5.92 Å². The van der Waals surface area contributed by atoms with Gasteiger partial charge in [-0.1, -0.05) is 32.1 Å². The second-order valence-corrected chi connectivity index (χ2v) is 5.76. The lowest BCUT2D eigenvalue weighted by atomic mass is 9.86. The Kier molecular flexibility index (Phi) is 7.28. The molecule has 0 heterocycles. The fourth-order valence-corrected chi connectivity index (χ4v) is 2.62. The first-order valence-corrected chi connectivity index (χ1v) is 7.17. The first-order chi connectivity index (χ1) is 8.58. The number of hydrogen-bond acceptors (Lipinski definition) is 3. The number of hydrogen-bond donors (Lipinski definition) is 2. The highest BCUT2D eigenvalue weighted by Gasteiger charge is 2.15. The summed E-state index contributed by atoms with van der Waals surface area (Å²) in [6.07, 6.45) is 7.74. The van der Waals surface area contributed by atoms with Crippen LogP contribution in [0.2, 0.25) is 0 Å². The molecule has 4 nitrogen and oxygen atoms in total. The van der Waals surface area contributed by atoms with Gasteiger partial charge in [0, 0.05) is 19.5 Å². The summed E-state index contributed by atoms with van der Waals surface area (Å²) < 4.78 is 0. The van der Waals surface area contributed by atoms with Gasteiger partial charge in [0.25, 0.3) is 0 Å². The zero-order valence-electron chi connectivity index (χ0n) is 11.8. The van der Waals surface area contributed by atoms with Crippen LogP contribution in [0.4, 0.5) is 0 Å². The SMILES string of the molecule is CN(C)CC(O)CNC(=O)CCC1CCCCC1. The Morgan fingerprint density at radius 2 is 2.00 bits per heavy atom. The topological polar surface area (TPSA) is 52.6 Å². The zero-order chi connectivity index (χ0) is 13.4. The standard InChI is InChI=1S/C14H28N2O2/c1-16(2)11-13(17)10-15-14(18)9-8-12-6-4-3-5-7-12/h12-13,17H,3-11H2,1-2H3,(H,15,18). The molecule has 1 rings (SSSR count). The van der Waals surface area contributed by atoms with E-state index in [1.54, 1.807) is 0 Å². The summed E-state index contributed by atoms with van der Waals surface area (Å²) in [6.45, 7) is 0.949. The molecule has 106 valence electrons. The number of likely N-dealkylation sites (N-methyl/N-ethyl adjacent to an activating group) is 1. The van der Waals surface area contributed by atoms with Gasteiger partial charge in [0.1, 0.15) is 0 Å². The van der Waals surface area contributed by atoms with Crippen molar-refractivity contribution < 1.29 is 9.90 Å². The molecule has 0 aliphatic heterocycles. The molecule has 1 saturated carbocycles. The highest BCUT2D eigenvalue weighted by molar-refractivity contribution is 5.75. The lowest BCUT2D eigenvalue weighted by molar-refractivity contribution is -0.121. The minimum Gasteiger partial charge on any atom is -0.390 e. The van der Waals surface area contributed by atoms with Crippen molar-refractivity contribution in [1.29, 1.82) is 0 Å². The fraction of sp³-hybridized carbons (Fsp3) is 0.929. The fourth-order valence-electron chi connectivity index (χ4n) is 2.62. The van der Waals surface area contributed by atoms with Crippen molar-refractivity contribution >= 4 is 5.91 Å². The Hall–Kier alpha value is -0.610. The van der Waals surface area contributed by atoms with E-state index in [4.69, 9.17) is 0 Å². The Labute approximate surface area is 111 Å². The van der Waals surface area contributed by atoms with Crippen LogP contribution in [0.1, 0.15) is 44.9 Å². The van der Waals surface area contributed by atoms with E-state index in [1.807, 2.05) is 19.0 Å². The second-order valence-electron chi connectivity index (χ2n) is 5.76. The van der Waals surface area contributed by atoms with Gasteiger partial charge in [-0.05, 0) is 26.4 Å². The Morgan fingerprint density at radius 1 is 1.33 bits per heavy atom. The Bertz CT molecular complexity index is 238. The van der Waals surface area contributed by atoms with Crippen LogP contribution in [0.15, 0.2) is 0 Å². The molecule has 1 amide bonds. The molecule has 0 bridgehead atoms. The summed E-state index contributed by atoms with van der Waals surface area (Å²) in [5.41, 5.74) is 0. The highest BCUT2D eigenvalue weighted by Crippen LogP contribution is 2.27. The largest absolute Gasteiger partial charge is 0.390 e. The third kappa shape index (κ3) is 6.97. The maximum Gasteiger partial charge on any atom is 0.220 e. The lowest BCUT2D eigenvalue weighted by Crippen LogP contribution is -2.37. The normalized spacial score (nSPS) is 18.9. The first-order valence-electron chi connectivity index (χ1n) is 7.17. The van der Waals surface area contributed by atoms with Crippen LogP contribution in [-0.4, -0.2) is 49.2 Å². The maximum absolute atomic E-state index is 11.6. The van der Waals surface area contributed by atoms with Gasteiger partial charge in [-0.3, -0.25) is 4.79 Å². The molecule has 0 spiro atoms. The van der Waals surface area contributed by atoms with Crippen molar-refractivity contribution in [3.8, 4) is 0 Å². The van der Waals surface area contributed by atoms with E-state index in [0.29, 0.717) is 19.5 Å². The number of carbonyl (C=O) groups is 1. The third-order valence-corrected chi connectivity index (χ3v) is 3.62. The van der Waals surface area contributed by atoms with Gasteiger partial charge in [-0.25, -0.2) is 0 Å². The van der Waals surface area contributed by atoms with E-state index in [-0.39, 0.29) is 5.91 Å². The summed E-state index contributed by atoms with van der Waals surface area (Å²) in [5.74, 6) is 0.828. The minimum absolute atomic E-state index is 0.0818.